The van der Waals surface area contributed by atoms with Crippen LogP contribution in [0.1, 0.15) is 50.3 Å². The molecule has 5 nitrogen and oxygen atoms in total. The number of fused-ring (bicyclic) bond motifs is 1. The summed E-state index contributed by atoms with van der Waals surface area (Å²) in [5.41, 5.74) is -2.31. The van der Waals surface area contributed by atoms with Crippen LogP contribution in [0.2, 0.25) is 0 Å². The Morgan fingerprint density at radius 1 is 1.25 bits per heavy atom. The molecule has 3 aromatic rings. The summed E-state index contributed by atoms with van der Waals surface area (Å²) in [7, 11) is 0. The zero-order chi connectivity index (χ0) is 23.1. The summed E-state index contributed by atoms with van der Waals surface area (Å²) in [4.78, 5) is 21.3. The highest BCUT2D eigenvalue weighted by molar-refractivity contribution is 9.10. The number of pyridine rings is 1. The fraction of sp³-hybridized carbons (Fsp3) is 0.409. The van der Waals surface area contributed by atoms with Crippen LogP contribution in [0, 0.1) is 5.82 Å². The second-order valence-electron chi connectivity index (χ2n) is 8.97. The molecule has 32 heavy (non-hydrogen) atoms. The zero-order valence-electron chi connectivity index (χ0n) is 17.2. The smallest absolute Gasteiger partial charge is 0.273 e. The Morgan fingerprint density at radius 3 is 2.56 bits per heavy atom. The van der Waals surface area contributed by atoms with Crippen LogP contribution in [0.5, 0.6) is 0 Å². The van der Waals surface area contributed by atoms with Crippen molar-refractivity contribution in [1.29, 1.82) is 0 Å². The van der Waals surface area contributed by atoms with Crippen LogP contribution >= 0.6 is 15.9 Å². The lowest BCUT2D eigenvalue weighted by atomic mass is 9.47. The Morgan fingerprint density at radius 2 is 1.94 bits per heavy atom. The fourth-order valence-electron chi connectivity index (χ4n) is 4.93. The number of nitrogens with zero attached hydrogens (tertiary/aromatic N) is 3. The molecule has 0 radical (unpaired) electrons. The van der Waals surface area contributed by atoms with E-state index in [1.165, 1.54) is 23.0 Å². The maximum atomic E-state index is 14.8. The van der Waals surface area contributed by atoms with Crippen LogP contribution in [0.25, 0.3) is 10.9 Å². The number of hydrogen-bond donors (Lipinski definition) is 1. The maximum absolute atomic E-state index is 14.8. The average Bonchev–Trinajstić information content (AvgIpc) is 2.67. The lowest BCUT2D eigenvalue weighted by Crippen LogP contribution is -2.71. The molecule has 0 saturated heterocycles. The molecule has 3 aliphatic rings. The summed E-state index contributed by atoms with van der Waals surface area (Å²) in [6, 6.07) is 3.16. The minimum Gasteiger partial charge on any atom is -0.363 e. The van der Waals surface area contributed by atoms with E-state index in [0.29, 0.717) is 23.6 Å². The first-order chi connectivity index (χ1) is 14.9. The number of nitrogens with one attached hydrogen (secondary N) is 1. The van der Waals surface area contributed by atoms with Gasteiger partial charge in [-0.05, 0) is 22.9 Å². The van der Waals surface area contributed by atoms with Crippen molar-refractivity contribution in [2.24, 2.45) is 0 Å². The number of hydrogen-bond acceptors (Lipinski definition) is 4. The predicted molar refractivity (Wildman–Crippen MR) is 115 cm³/mol. The van der Waals surface area contributed by atoms with Crippen molar-refractivity contribution in [2.75, 3.05) is 5.32 Å². The number of benzene rings is 1. The summed E-state index contributed by atoms with van der Waals surface area (Å²) in [5.74, 6) is -4.00. The third-order valence-corrected chi connectivity index (χ3v) is 7.24. The van der Waals surface area contributed by atoms with Gasteiger partial charge in [-0.25, -0.2) is 27.5 Å². The van der Waals surface area contributed by atoms with Gasteiger partial charge >= 0.3 is 0 Å². The van der Waals surface area contributed by atoms with Gasteiger partial charge in [0.1, 0.15) is 28.1 Å². The standard InChI is InChI=1S/C22H19BrF4N4O/c1-11(12-4-3-5-14(16(12)24)20(2,25)26)30-18-13-6-31(22-7-21(27,8-22)9-22)19(32)15(23)17(13)28-10-29-18/h3-6,10-11H,7-9H2,1-2H3,(H,28,29,30)/t11-,21?,22?/m1/s1. The molecule has 1 N–H and O–H groups in total. The highest BCUT2D eigenvalue weighted by atomic mass is 79.9. The minimum absolute atomic E-state index is 0.0574. The van der Waals surface area contributed by atoms with Crippen LogP contribution in [0.3, 0.4) is 0 Å². The molecule has 3 fully saturated rings. The molecule has 2 bridgehead atoms. The number of aromatic nitrogens is 3. The van der Waals surface area contributed by atoms with Gasteiger partial charge in [-0.2, -0.15) is 0 Å². The van der Waals surface area contributed by atoms with Gasteiger partial charge in [-0.1, -0.05) is 18.2 Å². The van der Waals surface area contributed by atoms with Crippen molar-refractivity contribution in [3.05, 3.63) is 62.5 Å². The molecular formula is C22H19BrF4N4O. The molecule has 2 aromatic heterocycles. The van der Waals surface area contributed by atoms with Gasteiger partial charge in [-0.15, -0.1) is 0 Å². The zero-order valence-corrected chi connectivity index (χ0v) is 18.8. The van der Waals surface area contributed by atoms with E-state index in [2.05, 4.69) is 31.2 Å². The Balaban J connectivity index is 1.56. The predicted octanol–water partition coefficient (Wildman–Crippen LogP) is 5.58. The molecule has 1 atom stereocenters. The SMILES string of the molecule is C[C@@H](Nc1ncnc2c(Br)c(=O)n(C34CC(F)(C3)C4)cc12)c1cccc(C(C)(F)F)c1F. The third-order valence-electron chi connectivity index (χ3n) is 6.53. The molecule has 3 aliphatic carbocycles. The Hall–Kier alpha value is -2.49. The molecule has 1 aromatic carbocycles. The lowest BCUT2D eigenvalue weighted by molar-refractivity contribution is -0.199. The molecule has 3 saturated carbocycles. The largest absolute Gasteiger partial charge is 0.363 e. The first kappa shape index (κ1) is 21.4. The Labute approximate surface area is 189 Å². The van der Waals surface area contributed by atoms with Crippen LogP contribution in [0.4, 0.5) is 23.4 Å². The van der Waals surface area contributed by atoms with Crippen molar-refractivity contribution in [1.82, 2.24) is 14.5 Å². The molecular weight excluding hydrogens is 492 g/mol. The first-order valence-electron chi connectivity index (χ1n) is 10.1. The first-order valence-corrected chi connectivity index (χ1v) is 10.9. The Kier molecular flexibility index (Phi) is 4.51. The van der Waals surface area contributed by atoms with E-state index in [1.807, 2.05) is 0 Å². The molecule has 0 spiro atoms. The van der Waals surface area contributed by atoms with Crippen LogP contribution in [-0.2, 0) is 11.5 Å². The number of halogens is 5. The number of rotatable bonds is 5. The molecule has 168 valence electrons. The Bertz CT molecular complexity index is 1300. The van der Waals surface area contributed by atoms with Crippen LogP contribution in [-0.4, -0.2) is 20.2 Å². The van der Waals surface area contributed by atoms with E-state index in [0.717, 1.165) is 6.07 Å². The van der Waals surface area contributed by atoms with E-state index in [1.54, 1.807) is 13.1 Å². The van der Waals surface area contributed by atoms with E-state index in [-0.39, 0.29) is 34.9 Å². The summed E-state index contributed by atoms with van der Waals surface area (Å²) in [6.07, 6.45) is 3.72. The van der Waals surface area contributed by atoms with Crippen LogP contribution in [0.15, 0.2) is 40.0 Å². The van der Waals surface area contributed by atoms with Gasteiger partial charge in [0.15, 0.2) is 0 Å². The molecule has 0 unspecified atom stereocenters. The quantitative estimate of drug-likeness (QED) is 0.455. The highest BCUT2D eigenvalue weighted by Crippen LogP contribution is 2.67. The molecule has 0 amide bonds. The van der Waals surface area contributed by atoms with E-state index in [4.69, 9.17) is 0 Å². The van der Waals surface area contributed by atoms with Crippen LogP contribution < -0.4 is 10.9 Å². The number of alkyl halides is 3. The minimum atomic E-state index is -3.32. The van der Waals surface area contributed by atoms with Crippen molar-refractivity contribution < 1.29 is 17.6 Å². The van der Waals surface area contributed by atoms with Gasteiger partial charge in [0.25, 0.3) is 11.5 Å². The number of anilines is 1. The van der Waals surface area contributed by atoms with Crippen molar-refractivity contribution in [3.63, 3.8) is 0 Å². The summed E-state index contributed by atoms with van der Waals surface area (Å²) in [6.45, 7) is 2.28. The van der Waals surface area contributed by atoms with E-state index in [9.17, 15) is 22.4 Å². The lowest BCUT2D eigenvalue weighted by Gasteiger charge is -2.66. The topological polar surface area (TPSA) is 59.8 Å². The van der Waals surface area contributed by atoms with Gasteiger partial charge in [0.05, 0.1) is 28.0 Å². The monoisotopic (exact) mass is 510 g/mol. The normalized spacial score (nSPS) is 25.2. The van der Waals surface area contributed by atoms with Crippen molar-refractivity contribution in [2.45, 2.75) is 56.3 Å². The fourth-order valence-corrected chi connectivity index (χ4v) is 5.44. The summed E-state index contributed by atoms with van der Waals surface area (Å²) < 4.78 is 58.2. The van der Waals surface area contributed by atoms with E-state index < -0.39 is 34.6 Å². The van der Waals surface area contributed by atoms with Gasteiger partial charge in [-0.3, -0.25) is 4.79 Å². The maximum Gasteiger partial charge on any atom is 0.273 e. The summed E-state index contributed by atoms with van der Waals surface area (Å²) >= 11 is 3.31. The second kappa shape index (κ2) is 6.76. The van der Waals surface area contributed by atoms with Crippen molar-refractivity contribution in [3.8, 4) is 0 Å². The molecule has 0 aliphatic heterocycles. The van der Waals surface area contributed by atoms with Crippen molar-refractivity contribution >= 4 is 32.7 Å². The summed E-state index contributed by atoms with van der Waals surface area (Å²) in [5, 5.41) is 3.54. The molecule has 2 heterocycles. The van der Waals surface area contributed by atoms with Gasteiger partial charge in [0, 0.05) is 37.9 Å². The molecule has 10 heteroatoms. The third kappa shape index (κ3) is 3.06. The van der Waals surface area contributed by atoms with Gasteiger partial charge in [0.2, 0.25) is 0 Å². The van der Waals surface area contributed by atoms with E-state index >= 15 is 0 Å². The average molecular weight is 511 g/mol. The molecule has 6 rings (SSSR count). The highest BCUT2D eigenvalue weighted by Gasteiger charge is 2.70. The second-order valence-corrected chi connectivity index (χ2v) is 9.76. The van der Waals surface area contributed by atoms with Gasteiger partial charge < -0.3 is 9.88 Å².